The number of pyridine rings is 1. The van der Waals surface area contributed by atoms with Crippen LogP contribution in [-0.2, 0) is 16.0 Å². The zero-order valence-electron chi connectivity index (χ0n) is 13.8. The highest BCUT2D eigenvalue weighted by atomic mass is 16.5. The Morgan fingerprint density at radius 3 is 2.91 bits per heavy atom. The van der Waals surface area contributed by atoms with Gasteiger partial charge in [0.1, 0.15) is 0 Å². The number of carbonyl (C=O) groups excluding carboxylic acids is 1. The molecule has 1 aliphatic heterocycles. The van der Waals surface area contributed by atoms with Crippen molar-refractivity contribution in [2.24, 2.45) is 5.92 Å². The molecule has 1 aromatic heterocycles. The lowest BCUT2D eigenvalue weighted by atomic mass is 10.0. The van der Waals surface area contributed by atoms with Gasteiger partial charge in [-0.1, -0.05) is 26.7 Å². The van der Waals surface area contributed by atoms with E-state index in [0.717, 1.165) is 31.8 Å². The molecule has 0 saturated carbocycles. The molecule has 0 radical (unpaired) electrons. The highest BCUT2D eigenvalue weighted by Gasteiger charge is 2.23. The Morgan fingerprint density at radius 2 is 2.18 bits per heavy atom. The third-order valence-corrected chi connectivity index (χ3v) is 4.18. The van der Waals surface area contributed by atoms with Crippen molar-refractivity contribution in [3.05, 3.63) is 30.1 Å². The molecular weight excluding hydrogens is 276 g/mol. The van der Waals surface area contributed by atoms with Gasteiger partial charge in [0.15, 0.2) is 0 Å². The maximum Gasteiger partial charge on any atom is 0.223 e. The van der Waals surface area contributed by atoms with Gasteiger partial charge in [-0.25, -0.2) is 0 Å². The summed E-state index contributed by atoms with van der Waals surface area (Å²) in [5.74, 6) is 0.982. The normalized spacial score (nSPS) is 18.7. The molecule has 0 aliphatic carbocycles. The summed E-state index contributed by atoms with van der Waals surface area (Å²) in [6, 6.07) is 3.95. The van der Waals surface area contributed by atoms with Gasteiger partial charge in [-0.15, -0.1) is 0 Å². The Kier molecular flexibility index (Phi) is 6.84. The fraction of sp³-hybridized carbons (Fsp3) is 0.667. The third-order valence-electron chi connectivity index (χ3n) is 4.18. The molecule has 4 nitrogen and oxygen atoms in total. The van der Waals surface area contributed by atoms with Crippen LogP contribution in [0.2, 0.25) is 0 Å². The lowest BCUT2D eigenvalue weighted by Crippen LogP contribution is -2.45. The molecule has 1 atom stereocenters. The molecule has 22 heavy (non-hydrogen) atoms. The van der Waals surface area contributed by atoms with Crippen molar-refractivity contribution in [3.63, 3.8) is 0 Å². The lowest BCUT2D eigenvalue weighted by Gasteiger charge is -2.33. The second-order valence-electron chi connectivity index (χ2n) is 6.51. The van der Waals surface area contributed by atoms with Gasteiger partial charge in [0.2, 0.25) is 5.91 Å². The number of carbonyl (C=O) groups is 1. The van der Waals surface area contributed by atoms with Crippen LogP contribution in [0, 0.1) is 5.92 Å². The first-order chi connectivity index (χ1) is 10.6. The molecule has 1 aliphatic rings. The fourth-order valence-corrected chi connectivity index (χ4v) is 2.83. The van der Waals surface area contributed by atoms with Crippen molar-refractivity contribution in [3.8, 4) is 0 Å². The summed E-state index contributed by atoms with van der Waals surface area (Å²) in [6.07, 6.45) is 8.61. The van der Waals surface area contributed by atoms with Crippen molar-refractivity contribution in [2.45, 2.75) is 52.1 Å². The van der Waals surface area contributed by atoms with E-state index in [-0.39, 0.29) is 12.0 Å². The van der Waals surface area contributed by atoms with Gasteiger partial charge in [0.25, 0.3) is 0 Å². The SMILES string of the molecule is CC(C)CCCC1CN(C(=O)CCc2ccncc2)CCO1. The molecule has 1 amide bonds. The largest absolute Gasteiger partial charge is 0.375 e. The van der Waals surface area contributed by atoms with Crippen molar-refractivity contribution in [1.29, 1.82) is 0 Å². The number of hydrogen-bond donors (Lipinski definition) is 0. The van der Waals surface area contributed by atoms with Gasteiger partial charge in [0.05, 0.1) is 12.7 Å². The molecule has 0 bridgehead atoms. The summed E-state index contributed by atoms with van der Waals surface area (Å²) in [5.41, 5.74) is 1.17. The maximum atomic E-state index is 12.4. The quantitative estimate of drug-likeness (QED) is 0.777. The highest BCUT2D eigenvalue weighted by molar-refractivity contribution is 5.76. The molecule has 2 rings (SSSR count). The minimum absolute atomic E-state index is 0.220. The van der Waals surface area contributed by atoms with Crippen molar-refractivity contribution in [1.82, 2.24) is 9.88 Å². The van der Waals surface area contributed by atoms with Crippen molar-refractivity contribution < 1.29 is 9.53 Å². The van der Waals surface area contributed by atoms with Gasteiger partial charge >= 0.3 is 0 Å². The average molecular weight is 304 g/mol. The summed E-state index contributed by atoms with van der Waals surface area (Å²) in [4.78, 5) is 18.3. The van der Waals surface area contributed by atoms with E-state index < -0.39 is 0 Å². The van der Waals surface area contributed by atoms with E-state index in [2.05, 4.69) is 18.8 Å². The molecule has 0 N–H and O–H groups in total. The first-order valence-corrected chi connectivity index (χ1v) is 8.43. The predicted molar refractivity (Wildman–Crippen MR) is 87.6 cm³/mol. The Balaban J connectivity index is 1.72. The zero-order chi connectivity index (χ0) is 15.8. The minimum Gasteiger partial charge on any atom is -0.375 e. The van der Waals surface area contributed by atoms with Crippen LogP contribution in [0.5, 0.6) is 0 Å². The second kappa shape index (κ2) is 8.89. The summed E-state index contributed by atoms with van der Waals surface area (Å²) >= 11 is 0. The molecule has 122 valence electrons. The summed E-state index contributed by atoms with van der Waals surface area (Å²) in [6.45, 7) is 6.66. The molecule has 0 spiro atoms. The number of ether oxygens (including phenoxy) is 1. The Morgan fingerprint density at radius 1 is 1.41 bits per heavy atom. The minimum atomic E-state index is 0.220. The number of aromatic nitrogens is 1. The van der Waals surface area contributed by atoms with Crippen LogP contribution in [0.25, 0.3) is 0 Å². The van der Waals surface area contributed by atoms with Crippen LogP contribution in [0.3, 0.4) is 0 Å². The zero-order valence-corrected chi connectivity index (χ0v) is 13.8. The molecule has 4 heteroatoms. The van der Waals surface area contributed by atoms with E-state index >= 15 is 0 Å². The van der Waals surface area contributed by atoms with Gasteiger partial charge in [0, 0.05) is 31.9 Å². The predicted octanol–water partition coefficient (Wildman–Crippen LogP) is 3.07. The molecule has 1 fully saturated rings. The molecule has 1 unspecified atom stereocenters. The number of morpholine rings is 1. The fourth-order valence-electron chi connectivity index (χ4n) is 2.83. The number of aryl methyl sites for hydroxylation is 1. The highest BCUT2D eigenvalue weighted by Crippen LogP contribution is 2.15. The van der Waals surface area contributed by atoms with E-state index in [0.29, 0.717) is 13.0 Å². The van der Waals surface area contributed by atoms with Crippen LogP contribution in [0.15, 0.2) is 24.5 Å². The Bertz CT molecular complexity index is 448. The smallest absolute Gasteiger partial charge is 0.223 e. The van der Waals surface area contributed by atoms with Crippen molar-refractivity contribution in [2.75, 3.05) is 19.7 Å². The Labute approximate surface area is 133 Å². The lowest BCUT2D eigenvalue weighted by molar-refractivity contribution is -0.139. The van der Waals surface area contributed by atoms with E-state index in [9.17, 15) is 4.79 Å². The maximum absolute atomic E-state index is 12.4. The van der Waals surface area contributed by atoms with Crippen LogP contribution in [0.1, 0.15) is 45.1 Å². The van der Waals surface area contributed by atoms with E-state index in [1.807, 2.05) is 17.0 Å². The first-order valence-electron chi connectivity index (χ1n) is 8.43. The summed E-state index contributed by atoms with van der Waals surface area (Å²) in [5, 5.41) is 0. The average Bonchev–Trinajstić information content (AvgIpc) is 2.53. The van der Waals surface area contributed by atoms with Crippen LogP contribution >= 0.6 is 0 Å². The third kappa shape index (κ3) is 5.76. The molecule has 0 aromatic carbocycles. The molecule has 1 aromatic rings. The van der Waals surface area contributed by atoms with E-state index in [1.165, 1.54) is 18.4 Å². The van der Waals surface area contributed by atoms with Crippen LogP contribution in [0.4, 0.5) is 0 Å². The van der Waals surface area contributed by atoms with E-state index in [4.69, 9.17) is 4.74 Å². The monoisotopic (exact) mass is 304 g/mol. The van der Waals surface area contributed by atoms with Gasteiger partial charge in [-0.3, -0.25) is 9.78 Å². The molecule has 1 saturated heterocycles. The number of rotatable bonds is 7. The molecule has 2 heterocycles. The summed E-state index contributed by atoms with van der Waals surface area (Å²) in [7, 11) is 0. The van der Waals surface area contributed by atoms with Crippen LogP contribution < -0.4 is 0 Å². The van der Waals surface area contributed by atoms with Gasteiger partial charge < -0.3 is 9.64 Å². The second-order valence-corrected chi connectivity index (χ2v) is 6.51. The topological polar surface area (TPSA) is 42.4 Å². The van der Waals surface area contributed by atoms with E-state index in [1.54, 1.807) is 12.4 Å². The standard InChI is InChI=1S/C18H28N2O2/c1-15(2)4-3-5-17-14-20(12-13-22-17)18(21)7-6-16-8-10-19-11-9-16/h8-11,15,17H,3-7,12-14H2,1-2H3. The first kappa shape index (κ1) is 16.9. The van der Waals surface area contributed by atoms with Gasteiger partial charge in [-0.05, 0) is 36.5 Å². The Hall–Kier alpha value is -1.42. The molecular formula is C18H28N2O2. The van der Waals surface area contributed by atoms with Crippen molar-refractivity contribution >= 4 is 5.91 Å². The number of hydrogen-bond acceptors (Lipinski definition) is 3. The van der Waals surface area contributed by atoms with Crippen LogP contribution in [-0.4, -0.2) is 41.6 Å². The summed E-state index contributed by atoms with van der Waals surface area (Å²) < 4.78 is 5.80. The number of nitrogens with zero attached hydrogens (tertiary/aromatic N) is 2. The number of amides is 1. The van der Waals surface area contributed by atoms with Gasteiger partial charge in [-0.2, -0.15) is 0 Å².